The summed E-state index contributed by atoms with van der Waals surface area (Å²) in [5, 5.41) is 7.94. The molecule has 0 amide bonds. The molecule has 6 nitrogen and oxygen atoms in total. The molecule has 1 aliphatic rings. The molecule has 0 bridgehead atoms. The predicted molar refractivity (Wildman–Crippen MR) is 72.6 cm³/mol. The number of nitrogens with two attached hydrogens (primary N) is 1. The molecule has 0 aromatic carbocycles. The van der Waals surface area contributed by atoms with Crippen molar-refractivity contribution in [1.29, 1.82) is 0 Å². The number of hydrogen-bond acceptors (Lipinski definition) is 6. The van der Waals surface area contributed by atoms with Crippen molar-refractivity contribution < 1.29 is 9.05 Å². The lowest BCUT2D eigenvalue weighted by molar-refractivity contribution is 0.216. The zero-order valence-electron chi connectivity index (χ0n) is 11.9. The summed E-state index contributed by atoms with van der Waals surface area (Å²) >= 11 is 0. The minimum Gasteiger partial charge on any atom is -0.361 e. The third-order valence-corrected chi connectivity index (χ3v) is 4.29. The van der Waals surface area contributed by atoms with Gasteiger partial charge in [-0.1, -0.05) is 23.7 Å². The van der Waals surface area contributed by atoms with E-state index in [1.807, 2.05) is 6.92 Å². The van der Waals surface area contributed by atoms with E-state index in [2.05, 4.69) is 22.2 Å². The molecule has 1 saturated carbocycles. The smallest absolute Gasteiger partial charge is 0.280 e. The number of nitrogens with zero attached hydrogens (tertiary/aromatic N) is 3. The first-order valence-electron chi connectivity index (χ1n) is 7.17. The summed E-state index contributed by atoms with van der Waals surface area (Å²) in [6, 6.07) is 1.77. The van der Waals surface area contributed by atoms with Crippen LogP contribution in [-0.2, 0) is 5.54 Å². The Kier molecular flexibility index (Phi) is 3.33. The van der Waals surface area contributed by atoms with Gasteiger partial charge in [-0.25, -0.2) is 0 Å². The number of aryl methyl sites for hydroxylation is 1. The minimum atomic E-state index is -0.466. The van der Waals surface area contributed by atoms with Crippen molar-refractivity contribution >= 4 is 0 Å². The molecule has 0 unspecified atom stereocenters. The molecule has 0 aliphatic heterocycles. The van der Waals surface area contributed by atoms with Crippen LogP contribution in [0.25, 0.3) is 11.6 Å². The van der Waals surface area contributed by atoms with Crippen LogP contribution < -0.4 is 5.73 Å². The van der Waals surface area contributed by atoms with Crippen LogP contribution >= 0.6 is 0 Å². The molecule has 2 heterocycles. The van der Waals surface area contributed by atoms with Gasteiger partial charge in [-0.15, -0.1) is 0 Å². The highest BCUT2D eigenvalue weighted by Crippen LogP contribution is 2.37. The number of aromatic nitrogens is 3. The minimum absolute atomic E-state index is 0.374. The number of hydrogen-bond donors (Lipinski definition) is 1. The summed E-state index contributed by atoms with van der Waals surface area (Å²) in [4.78, 5) is 4.41. The van der Waals surface area contributed by atoms with Gasteiger partial charge in [-0.2, -0.15) is 4.98 Å². The van der Waals surface area contributed by atoms with Gasteiger partial charge in [0.1, 0.15) is 5.76 Å². The van der Waals surface area contributed by atoms with Crippen molar-refractivity contribution in [2.24, 2.45) is 11.7 Å². The molecule has 2 N–H and O–H groups in total. The Morgan fingerprint density at radius 2 is 2.05 bits per heavy atom. The standard InChI is InChI=1S/C14H20N4O2/c1-3-10-4-6-14(15,7-5-10)13-16-12(20-18-13)11-8-9(2)19-17-11/h8,10H,3-7,15H2,1-2H3. The molecular formula is C14H20N4O2. The Morgan fingerprint density at radius 1 is 1.30 bits per heavy atom. The van der Waals surface area contributed by atoms with Crippen LogP contribution in [-0.4, -0.2) is 15.3 Å². The molecular weight excluding hydrogens is 256 g/mol. The Balaban J connectivity index is 1.80. The van der Waals surface area contributed by atoms with Gasteiger partial charge >= 0.3 is 0 Å². The van der Waals surface area contributed by atoms with Crippen LogP contribution in [0.2, 0.25) is 0 Å². The molecule has 0 atom stereocenters. The lowest BCUT2D eigenvalue weighted by Gasteiger charge is -2.34. The van der Waals surface area contributed by atoms with Gasteiger partial charge in [-0.05, 0) is 38.5 Å². The lowest BCUT2D eigenvalue weighted by atomic mass is 9.76. The maximum absolute atomic E-state index is 6.47. The molecule has 108 valence electrons. The van der Waals surface area contributed by atoms with Crippen molar-refractivity contribution in [3.8, 4) is 11.6 Å². The first kappa shape index (κ1) is 13.3. The number of rotatable bonds is 3. The van der Waals surface area contributed by atoms with E-state index < -0.39 is 5.54 Å². The topological polar surface area (TPSA) is 91.0 Å². The fraction of sp³-hybridized carbons (Fsp3) is 0.643. The second-order valence-electron chi connectivity index (χ2n) is 5.75. The first-order valence-corrected chi connectivity index (χ1v) is 7.17. The van der Waals surface area contributed by atoms with Crippen LogP contribution in [0.3, 0.4) is 0 Å². The highest BCUT2D eigenvalue weighted by Gasteiger charge is 2.37. The second-order valence-corrected chi connectivity index (χ2v) is 5.75. The van der Waals surface area contributed by atoms with Gasteiger partial charge in [0, 0.05) is 6.07 Å². The Labute approximate surface area is 117 Å². The fourth-order valence-corrected chi connectivity index (χ4v) is 2.82. The molecule has 1 fully saturated rings. The molecule has 0 spiro atoms. The van der Waals surface area contributed by atoms with Crippen LogP contribution in [0.15, 0.2) is 15.1 Å². The van der Waals surface area contributed by atoms with Crippen molar-refractivity contribution in [1.82, 2.24) is 15.3 Å². The Bertz CT molecular complexity index is 582. The van der Waals surface area contributed by atoms with E-state index in [1.165, 1.54) is 6.42 Å². The van der Waals surface area contributed by atoms with E-state index >= 15 is 0 Å². The molecule has 0 saturated heterocycles. The summed E-state index contributed by atoms with van der Waals surface area (Å²) in [6.07, 6.45) is 5.27. The molecule has 1 aliphatic carbocycles. The van der Waals surface area contributed by atoms with Crippen LogP contribution in [0.4, 0.5) is 0 Å². The van der Waals surface area contributed by atoms with Gasteiger partial charge < -0.3 is 14.8 Å². The molecule has 3 rings (SSSR count). The van der Waals surface area contributed by atoms with E-state index in [4.69, 9.17) is 14.8 Å². The maximum Gasteiger partial charge on any atom is 0.280 e. The predicted octanol–water partition coefficient (Wildman–Crippen LogP) is 2.79. The Morgan fingerprint density at radius 3 is 2.65 bits per heavy atom. The average Bonchev–Trinajstić information content (AvgIpc) is 3.08. The quantitative estimate of drug-likeness (QED) is 0.926. The van der Waals surface area contributed by atoms with Gasteiger partial charge in [-0.3, -0.25) is 0 Å². The summed E-state index contributed by atoms with van der Waals surface area (Å²) in [6.45, 7) is 4.05. The SMILES string of the molecule is CCC1CCC(N)(c2noc(-c3cc(C)on3)n2)CC1. The fourth-order valence-electron chi connectivity index (χ4n) is 2.82. The van der Waals surface area contributed by atoms with Gasteiger partial charge in [0.25, 0.3) is 5.89 Å². The van der Waals surface area contributed by atoms with E-state index in [1.54, 1.807) is 6.07 Å². The zero-order chi connectivity index (χ0) is 14.2. The van der Waals surface area contributed by atoms with Crippen molar-refractivity contribution in [3.63, 3.8) is 0 Å². The molecule has 2 aromatic heterocycles. The van der Waals surface area contributed by atoms with E-state index in [-0.39, 0.29) is 0 Å². The van der Waals surface area contributed by atoms with E-state index in [9.17, 15) is 0 Å². The monoisotopic (exact) mass is 276 g/mol. The van der Waals surface area contributed by atoms with Crippen molar-refractivity contribution in [2.75, 3.05) is 0 Å². The van der Waals surface area contributed by atoms with Gasteiger partial charge in [0.05, 0.1) is 5.54 Å². The molecule has 6 heteroatoms. The Hall–Kier alpha value is -1.69. The first-order chi connectivity index (χ1) is 9.60. The second kappa shape index (κ2) is 5.01. The highest BCUT2D eigenvalue weighted by atomic mass is 16.5. The highest BCUT2D eigenvalue weighted by molar-refractivity contribution is 5.45. The van der Waals surface area contributed by atoms with Crippen LogP contribution in [0, 0.1) is 12.8 Å². The summed E-state index contributed by atoms with van der Waals surface area (Å²) < 4.78 is 10.3. The zero-order valence-corrected chi connectivity index (χ0v) is 11.9. The third kappa shape index (κ3) is 2.35. The largest absolute Gasteiger partial charge is 0.361 e. The van der Waals surface area contributed by atoms with Crippen LogP contribution in [0.5, 0.6) is 0 Å². The van der Waals surface area contributed by atoms with E-state index in [0.717, 1.165) is 31.6 Å². The van der Waals surface area contributed by atoms with Gasteiger partial charge in [0.15, 0.2) is 11.5 Å². The normalized spacial score (nSPS) is 26.9. The third-order valence-electron chi connectivity index (χ3n) is 4.29. The summed E-state index contributed by atoms with van der Waals surface area (Å²) in [5.41, 5.74) is 6.56. The molecule has 0 radical (unpaired) electrons. The van der Waals surface area contributed by atoms with Crippen molar-refractivity contribution in [3.05, 3.63) is 17.7 Å². The van der Waals surface area contributed by atoms with Crippen molar-refractivity contribution in [2.45, 2.75) is 51.5 Å². The average molecular weight is 276 g/mol. The lowest BCUT2D eigenvalue weighted by Crippen LogP contribution is -2.41. The summed E-state index contributed by atoms with van der Waals surface area (Å²) in [7, 11) is 0. The molecule has 20 heavy (non-hydrogen) atoms. The van der Waals surface area contributed by atoms with E-state index in [0.29, 0.717) is 23.2 Å². The summed E-state index contributed by atoms with van der Waals surface area (Å²) in [5.74, 6) is 2.45. The van der Waals surface area contributed by atoms with Gasteiger partial charge in [0.2, 0.25) is 0 Å². The molecule has 2 aromatic rings. The maximum atomic E-state index is 6.47. The van der Waals surface area contributed by atoms with Crippen LogP contribution in [0.1, 0.15) is 50.6 Å².